The van der Waals surface area contributed by atoms with E-state index < -0.39 is 0 Å². The maximum Gasteiger partial charge on any atom is 0.130 e. The van der Waals surface area contributed by atoms with Crippen LogP contribution in [0.5, 0.6) is 5.75 Å². The van der Waals surface area contributed by atoms with E-state index in [2.05, 4.69) is 10.3 Å². The largest absolute Gasteiger partial charge is 0.496 e. The number of anilines is 3. The van der Waals surface area contributed by atoms with E-state index in [0.29, 0.717) is 5.69 Å². The van der Waals surface area contributed by atoms with Gasteiger partial charge in [-0.1, -0.05) is 0 Å². The fourth-order valence-corrected chi connectivity index (χ4v) is 1.75. The molecule has 0 unspecified atom stereocenters. The Kier molecular flexibility index (Phi) is 3.37. The van der Waals surface area contributed by atoms with Gasteiger partial charge in [0, 0.05) is 5.69 Å². The zero-order valence-corrected chi connectivity index (χ0v) is 10.8. The second-order valence-electron chi connectivity index (χ2n) is 4.18. The number of aryl methyl sites for hydroxylation is 2. The average molecular weight is 243 g/mol. The average Bonchev–Trinajstić information content (AvgIpc) is 2.34. The van der Waals surface area contributed by atoms with Gasteiger partial charge in [-0.05, 0) is 49.7 Å². The van der Waals surface area contributed by atoms with E-state index in [1.165, 1.54) is 0 Å². The molecule has 0 fully saturated rings. The Morgan fingerprint density at radius 2 is 1.94 bits per heavy atom. The summed E-state index contributed by atoms with van der Waals surface area (Å²) in [5.74, 6) is 1.66. The third-order valence-corrected chi connectivity index (χ3v) is 2.79. The van der Waals surface area contributed by atoms with Gasteiger partial charge in [0.25, 0.3) is 0 Å². The van der Waals surface area contributed by atoms with Crippen molar-refractivity contribution in [3.63, 3.8) is 0 Å². The standard InChI is InChI=1S/C14H17N3O/c1-9-8-11(4-6-13(9)18-3)17-14-7-5-12(15)10(2)16-14/h4-8H,15H2,1-3H3,(H,16,17). The lowest BCUT2D eigenvalue weighted by Crippen LogP contribution is -1.98. The summed E-state index contributed by atoms with van der Waals surface area (Å²) in [6.45, 7) is 3.89. The molecule has 2 rings (SSSR count). The number of nitrogens with one attached hydrogen (secondary N) is 1. The first-order chi connectivity index (χ1) is 8.60. The number of ether oxygens (including phenoxy) is 1. The van der Waals surface area contributed by atoms with Crippen molar-refractivity contribution in [2.75, 3.05) is 18.2 Å². The van der Waals surface area contributed by atoms with Crippen molar-refractivity contribution in [1.29, 1.82) is 0 Å². The summed E-state index contributed by atoms with van der Waals surface area (Å²) < 4.78 is 5.23. The molecule has 4 nitrogen and oxygen atoms in total. The van der Waals surface area contributed by atoms with E-state index in [-0.39, 0.29) is 0 Å². The first-order valence-electron chi connectivity index (χ1n) is 5.75. The fourth-order valence-electron chi connectivity index (χ4n) is 1.75. The van der Waals surface area contributed by atoms with Crippen LogP contribution in [-0.4, -0.2) is 12.1 Å². The van der Waals surface area contributed by atoms with Crippen LogP contribution < -0.4 is 15.8 Å². The molecule has 0 amide bonds. The van der Waals surface area contributed by atoms with Crippen LogP contribution in [0.1, 0.15) is 11.3 Å². The van der Waals surface area contributed by atoms with Crippen molar-refractivity contribution in [2.45, 2.75) is 13.8 Å². The van der Waals surface area contributed by atoms with Crippen LogP contribution >= 0.6 is 0 Å². The highest BCUT2D eigenvalue weighted by Crippen LogP contribution is 2.24. The first kappa shape index (κ1) is 12.2. The van der Waals surface area contributed by atoms with E-state index in [1.807, 2.05) is 44.2 Å². The predicted molar refractivity (Wildman–Crippen MR) is 74.4 cm³/mol. The molecular formula is C14H17N3O. The maximum atomic E-state index is 5.74. The minimum absolute atomic E-state index is 0.700. The quantitative estimate of drug-likeness (QED) is 0.869. The van der Waals surface area contributed by atoms with E-state index in [0.717, 1.165) is 28.5 Å². The third kappa shape index (κ3) is 2.53. The van der Waals surface area contributed by atoms with Gasteiger partial charge in [-0.25, -0.2) is 4.98 Å². The Morgan fingerprint density at radius 3 is 2.56 bits per heavy atom. The summed E-state index contributed by atoms with van der Waals surface area (Å²) in [6.07, 6.45) is 0. The molecule has 0 spiro atoms. The highest BCUT2D eigenvalue weighted by Gasteiger charge is 2.02. The van der Waals surface area contributed by atoms with Gasteiger partial charge in [-0.3, -0.25) is 0 Å². The van der Waals surface area contributed by atoms with E-state index in [9.17, 15) is 0 Å². The van der Waals surface area contributed by atoms with Gasteiger partial charge in [-0.15, -0.1) is 0 Å². The number of benzene rings is 1. The van der Waals surface area contributed by atoms with Crippen molar-refractivity contribution >= 4 is 17.2 Å². The van der Waals surface area contributed by atoms with Crippen molar-refractivity contribution in [3.05, 3.63) is 41.6 Å². The molecule has 0 radical (unpaired) electrons. The Labute approximate surface area is 107 Å². The van der Waals surface area contributed by atoms with Crippen LogP contribution in [-0.2, 0) is 0 Å². The number of nitrogens with zero attached hydrogens (tertiary/aromatic N) is 1. The van der Waals surface area contributed by atoms with Crippen LogP contribution in [0.2, 0.25) is 0 Å². The number of pyridine rings is 1. The normalized spacial score (nSPS) is 10.2. The maximum absolute atomic E-state index is 5.74. The van der Waals surface area contributed by atoms with Crippen LogP contribution in [0.25, 0.3) is 0 Å². The van der Waals surface area contributed by atoms with E-state index in [4.69, 9.17) is 10.5 Å². The lowest BCUT2D eigenvalue weighted by Gasteiger charge is -2.10. The zero-order chi connectivity index (χ0) is 13.1. The summed E-state index contributed by atoms with van der Waals surface area (Å²) in [5.41, 5.74) is 9.32. The molecule has 1 aromatic heterocycles. The van der Waals surface area contributed by atoms with Crippen molar-refractivity contribution in [3.8, 4) is 5.75 Å². The van der Waals surface area contributed by atoms with Crippen LogP contribution in [0.3, 0.4) is 0 Å². The fraction of sp³-hybridized carbons (Fsp3) is 0.214. The van der Waals surface area contributed by atoms with Gasteiger partial charge < -0.3 is 15.8 Å². The van der Waals surface area contributed by atoms with Crippen LogP contribution in [0.15, 0.2) is 30.3 Å². The highest BCUT2D eigenvalue weighted by molar-refractivity contribution is 5.61. The minimum atomic E-state index is 0.700. The zero-order valence-electron chi connectivity index (χ0n) is 10.8. The van der Waals surface area contributed by atoms with E-state index >= 15 is 0 Å². The van der Waals surface area contributed by atoms with Gasteiger partial charge in [0.05, 0.1) is 18.5 Å². The third-order valence-electron chi connectivity index (χ3n) is 2.79. The molecule has 1 aromatic carbocycles. The summed E-state index contributed by atoms with van der Waals surface area (Å²) in [5, 5.41) is 3.24. The topological polar surface area (TPSA) is 60.2 Å². The van der Waals surface area contributed by atoms with Gasteiger partial charge in [0.2, 0.25) is 0 Å². The summed E-state index contributed by atoms with van der Waals surface area (Å²) >= 11 is 0. The number of nitrogen functional groups attached to an aromatic ring is 1. The summed E-state index contributed by atoms with van der Waals surface area (Å²) in [7, 11) is 1.67. The van der Waals surface area contributed by atoms with E-state index in [1.54, 1.807) is 7.11 Å². The number of rotatable bonds is 3. The Hall–Kier alpha value is -2.23. The van der Waals surface area contributed by atoms with Crippen molar-refractivity contribution in [1.82, 2.24) is 4.98 Å². The molecule has 3 N–H and O–H groups in total. The number of methoxy groups -OCH3 is 1. The van der Waals surface area contributed by atoms with Gasteiger partial charge in [0.1, 0.15) is 11.6 Å². The number of nitrogens with two attached hydrogens (primary N) is 1. The molecule has 0 aliphatic carbocycles. The monoisotopic (exact) mass is 243 g/mol. The number of hydrogen-bond donors (Lipinski definition) is 2. The number of hydrogen-bond acceptors (Lipinski definition) is 4. The second-order valence-corrected chi connectivity index (χ2v) is 4.18. The molecular weight excluding hydrogens is 226 g/mol. The molecule has 2 aromatic rings. The van der Waals surface area contributed by atoms with Gasteiger partial charge in [0.15, 0.2) is 0 Å². The Bertz CT molecular complexity index is 567. The predicted octanol–water partition coefficient (Wildman–Crippen LogP) is 3.03. The molecule has 0 aliphatic rings. The lowest BCUT2D eigenvalue weighted by molar-refractivity contribution is 0.412. The molecule has 18 heavy (non-hydrogen) atoms. The molecule has 4 heteroatoms. The van der Waals surface area contributed by atoms with Crippen LogP contribution in [0.4, 0.5) is 17.2 Å². The molecule has 0 aliphatic heterocycles. The lowest BCUT2D eigenvalue weighted by atomic mass is 10.2. The van der Waals surface area contributed by atoms with Gasteiger partial charge >= 0.3 is 0 Å². The molecule has 0 atom stereocenters. The van der Waals surface area contributed by atoms with Crippen molar-refractivity contribution in [2.24, 2.45) is 0 Å². The second kappa shape index (κ2) is 4.96. The summed E-state index contributed by atoms with van der Waals surface area (Å²) in [6, 6.07) is 9.62. The molecule has 0 saturated heterocycles. The van der Waals surface area contributed by atoms with Gasteiger partial charge in [-0.2, -0.15) is 0 Å². The highest BCUT2D eigenvalue weighted by atomic mass is 16.5. The molecule has 0 bridgehead atoms. The smallest absolute Gasteiger partial charge is 0.130 e. The van der Waals surface area contributed by atoms with Crippen molar-refractivity contribution < 1.29 is 4.74 Å². The SMILES string of the molecule is COc1ccc(Nc2ccc(N)c(C)n2)cc1C. The molecule has 1 heterocycles. The summed E-state index contributed by atoms with van der Waals surface area (Å²) in [4.78, 5) is 4.37. The number of aromatic nitrogens is 1. The minimum Gasteiger partial charge on any atom is -0.496 e. The molecule has 0 saturated carbocycles. The Morgan fingerprint density at radius 1 is 1.17 bits per heavy atom. The Balaban J connectivity index is 2.23. The first-order valence-corrected chi connectivity index (χ1v) is 5.75. The molecule has 94 valence electrons. The van der Waals surface area contributed by atoms with Crippen LogP contribution in [0, 0.1) is 13.8 Å².